The number of nitrogens with one attached hydrogen (secondary N) is 1. The molecule has 0 spiro atoms. The molecular formula is C12H24N2. The molecule has 2 nitrogen and oxygen atoms in total. The number of hydrogen-bond acceptors (Lipinski definition) is 2. The molecule has 2 rings (SSSR count). The van der Waals surface area contributed by atoms with E-state index in [0.29, 0.717) is 0 Å². The van der Waals surface area contributed by atoms with Gasteiger partial charge in [0.25, 0.3) is 0 Å². The predicted octanol–water partition coefficient (Wildman–Crippen LogP) is 1.86. The average Bonchev–Trinajstić information content (AvgIpc) is 2.23. The summed E-state index contributed by atoms with van der Waals surface area (Å²) in [5, 5.41) is 3.53. The number of nitrogens with zero attached hydrogens (tertiary/aromatic N) is 1. The SMILES string of the molecule is CC1CCC(C)N(C2CCCNC2)C1. The van der Waals surface area contributed by atoms with Gasteiger partial charge in [0.2, 0.25) is 0 Å². The summed E-state index contributed by atoms with van der Waals surface area (Å²) in [5.41, 5.74) is 0. The average molecular weight is 196 g/mol. The van der Waals surface area contributed by atoms with Crippen molar-refractivity contribution in [2.75, 3.05) is 19.6 Å². The van der Waals surface area contributed by atoms with Gasteiger partial charge in [0.1, 0.15) is 0 Å². The van der Waals surface area contributed by atoms with E-state index in [1.165, 1.54) is 45.3 Å². The second-order valence-corrected chi connectivity index (χ2v) is 5.23. The van der Waals surface area contributed by atoms with Gasteiger partial charge in [-0.2, -0.15) is 0 Å². The van der Waals surface area contributed by atoms with Crippen molar-refractivity contribution in [3.8, 4) is 0 Å². The van der Waals surface area contributed by atoms with E-state index in [1.54, 1.807) is 0 Å². The van der Waals surface area contributed by atoms with Crippen LogP contribution in [0, 0.1) is 5.92 Å². The summed E-state index contributed by atoms with van der Waals surface area (Å²) in [5.74, 6) is 0.910. The Labute approximate surface area is 88.1 Å². The molecule has 0 aliphatic carbocycles. The van der Waals surface area contributed by atoms with Crippen LogP contribution in [0.3, 0.4) is 0 Å². The standard InChI is InChI=1S/C12H24N2/c1-10-5-6-11(2)14(9-10)12-4-3-7-13-8-12/h10-13H,3-9H2,1-2H3. The van der Waals surface area contributed by atoms with E-state index in [2.05, 4.69) is 24.1 Å². The molecule has 14 heavy (non-hydrogen) atoms. The largest absolute Gasteiger partial charge is 0.315 e. The lowest BCUT2D eigenvalue weighted by Gasteiger charge is -2.43. The van der Waals surface area contributed by atoms with Crippen molar-refractivity contribution < 1.29 is 0 Å². The van der Waals surface area contributed by atoms with Crippen molar-refractivity contribution in [3.63, 3.8) is 0 Å². The third-order valence-electron chi connectivity index (χ3n) is 3.91. The Morgan fingerprint density at radius 3 is 2.71 bits per heavy atom. The molecule has 3 atom stereocenters. The van der Waals surface area contributed by atoms with E-state index in [4.69, 9.17) is 0 Å². The fourth-order valence-corrected chi connectivity index (χ4v) is 2.95. The first kappa shape index (κ1) is 10.4. The third kappa shape index (κ3) is 2.29. The van der Waals surface area contributed by atoms with Crippen LogP contribution in [0.1, 0.15) is 39.5 Å². The molecule has 2 fully saturated rings. The molecule has 0 aromatic carbocycles. The Balaban J connectivity index is 1.92. The fourth-order valence-electron chi connectivity index (χ4n) is 2.95. The van der Waals surface area contributed by atoms with E-state index in [9.17, 15) is 0 Å². The van der Waals surface area contributed by atoms with Gasteiger partial charge in [0.15, 0.2) is 0 Å². The normalized spacial score (nSPS) is 41.1. The minimum Gasteiger partial charge on any atom is -0.315 e. The van der Waals surface area contributed by atoms with E-state index < -0.39 is 0 Å². The molecule has 0 amide bonds. The van der Waals surface area contributed by atoms with E-state index >= 15 is 0 Å². The van der Waals surface area contributed by atoms with Crippen LogP contribution >= 0.6 is 0 Å². The van der Waals surface area contributed by atoms with E-state index in [-0.39, 0.29) is 0 Å². The molecule has 0 saturated carbocycles. The summed E-state index contributed by atoms with van der Waals surface area (Å²) >= 11 is 0. The lowest BCUT2D eigenvalue weighted by atomic mass is 9.92. The minimum atomic E-state index is 0.816. The minimum absolute atomic E-state index is 0.816. The van der Waals surface area contributed by atoms with Crippen LogP contribution in [0.15, 0.2) is 0 Å². The molecule has 2 aliphatic heterocycles. The zero-order valence-electron chi connectivity index (χ0n) is 9.63. The monoisotopic (exact) mass is 196 g/mol. The first-order valence-electron chi connectivity index (χ1n) is 6.24. The Bertz CT molecular complexity index is 175. The Hall–Kier alpha value is -0.0800. The highest BCUT2D eigenvalue weighted by Crippen LogP contribution is 2.25. The van der Waals surface area contributed by atoms with Gasteiger partial charge in [-0.3, -0.25) is 4.90 Å². The van der Waals surface area contributed by atoms with Crippen molar-refractivity contribution >= 4 is 0 Å². The second kappa shape index (κ2) is 4.63. The van der Waals surface area contributed by atoms with Crippen LogP contribution in [0.25, 0.3) is 0 Å². The van der Waals surface area contributed by atoms with Crippen LogP contribution in [-0.2, 0) is 0 Å². The summed E-state index contributed by atoms with van der Waals surface area (Å²) in [6.07, 6.45) is 5.60. The van der Waals surface area contributed by atoms with Crippen LogP contribution in [0.2, 0.25) is 0 Å². The van der Waals surface area contributed by atoms with Crippen molar-refractivity contribution in [1.29, 1.82) is 0 Å². The predicted molar refractivity (Wildman–Crippen MR) is 60.5 cm³/mol. The lowest BCUT2D eigenvalue weighted by Crippen LogP contribution is -2.52. The maximum Gasteiger partial charge on any atom is 0.0224 e. The lowest BCUT2D eigenvalue weighted by molar-refractivity contribution is 0.0641. The molecule has 0 bridgehead atoms. The van der Waals surface area contributed by atoms with Crippen molar-refractivity contribution in [2.24, 2.45) is 5.92 Å². The molecule has 3 unspecified atom stereocenters. The van der Waals surface area contributed by atoms with Gasteiger partial charge < -0.3 is 5.32 Å². The van der Waals surface area contributed by atoms with Crippen molar-refractivity contribution in [2.45, 2.75) is 51.6 Å². The maximum absolute atomic E-state index is 3.53. The number of piperidine rings is 2. The molecular weight excluding hydrogens is 172 g/mol. The van der Waals surface area contributed by atoms with Gasteiger partial charge in [0.05, 0.1) is 0 Å². The zero-order chi connectivity index (χ0) is 9.97. The molecule has 0 aromatic rings. The highest BCUT2D eigenvalue weighted by molar-refractivity contribution is 4.85. The van der Waals surface area contributed by atoms with E-state index in [0.717, 1.165) is 18.0 Å². The Kier molecular flexibility index (Phi) is 3.45. The van der Waals surface area contributed by atoms with Gasteiger partial charge in [-0.25, -0.2) is 0 Å². The first-order valence-corrected chi connectivity index (χ1v) is 6.24. The van der Waals surface area contributed by atoms with Crippen LogP contribution in [-0.4, -0.2) is 36.6 Å². The third-order valence-corrected chi connectivity index (χ3v) is 3.91. The van der Waals surface area contributed by atoms with Gasteiger partial charge in [-0.15, -0.1) is 0 Å². The number of likely N-dealkylation sites (tertiary alicyclic amines) is 1. The molecule has 0 radical (unpaired) electrons. The molecule has 2 saturated heterocycles. The first-order chi connectivity index (χ1) is 6.77. The Morgan fingerprint density at radius 2 is 2.00 bits per heavy atom. The van der Waals surface area contributed by atoms with E-state index in [1.807, 2.05) is 0 Å². The summed E-state index contributed by atoms with van der Waals surface area (Å²) in [4.78, 5) is 2.75. The molecule has 2 heteroatoms. The fraction of sp³-hybridized carbons (Fsp3) is 1.00. The molecule has 1 N–H and O–H groups in total. The Morgan fingerprint density at radius 1 is 1.14 bits per heavy atom. The topological polar surface area (TPSA) is 15.3 Å². The summed E-state index contributed by atoms with van der Waals surface area (Å²) < 4.78 is 0. The summed E-state index contributed by atoms with van der Waals surface area (Å²) in [6, 6.07) is 1.64. The maximum atomic E-state index is 3.53. The quantitative estimate of drug-likeness (QED) is 0.688. The van der Waals surface area contributed by atoms with Crippen molar-refractivity contribution in [3.05, 3.63) is 0 Å². The van der Waals surface area contributed by atoms with Gasteiger partial charge >= 0.3 is 0 Å². The van der Waals surface area contributed by atoms with Gasteiger partial charge in [-0.1, -0.05) is 6.92 Å². The van der Waals surface area contributed by atoms with Gasteiger partial charge in [0, 0.05) is 25.2 Å². The van der Waals surface area contributed by atoms with Crippen LogP contribution in [0.5, 0.6) is 0 Å². The van der Waals surface area contributed by atoms with Crippen molar-refractivity contribution in [1.82, 2.24) is 10.2 Å². The summed E-state index contributed by atoms with van der Waals surface area (Å²) in [7, 11) is 0. The van der Waals surface area contributed by atoms with Crippen LogP contribution < -0.4 is 5.32 Å². The molecule has 0 aromatic heterocycles. The smallest absolute Gasteiger partial charge is 0.0224 e. The zero-order valence-corrected chi connectivity index (χ0v) is 9.63. The summed E-state index contributed by atoms with van der Waals surface area (Å²) in [6.45, 7) is 8.58. The molecule has 2 aliphatic rings. The second-order valence-electron chi connectivity index (χ2n) is 5.23. The number of hydrogen-bond donors (Lipinski definition) is 1. The van der Waals surface area contributed by atoms with Gasteiger partial charge in [-0.05, 0) is 45.1 Å². The molecule has 82 valence electrons. The van der Waals surface area contributed by atoms with Crippen LogP contribution in [0.4, 0.5) is 0 Å². The highest BCUT2D eigenvalue weighted by Gasteiger charge is 2.29. The highest BCUT2D eigenvalue weighted by atomic mass is 15.2. The molecule has 2 heterocycles. The number of rotatable bonds is 1.